The highest BCUT2D eigenvalue weighted by Gasteiger charge is 2.02. The minimum absolute atomic E-state index is 1.04. The number of allylic oxidation sites excluding steroid dienone is 1. The second-order valence-electron chi connectivity index (χ2n) is 4.45. The summed E-state index contributed by atoms with van der Waals surface area (Å²) in [4.78, 5) is 4.65. The summed E-state index contributed by atoms with van der Waals surface area (Å²) >= 11 is 0. The van der Waals surface area contributed by atoms with Crippen molar-refractivity contribution < 1.29 is 0 Å². The van der Waals surface area contributed by atoms with Crippen LogP contribution in [0.25, 0.3) is 16.5 Å². The molecule has 1 heteroatoms. The van der Waals surface area contributed by atoms with E-state index in [0.717, 1.165) is 23.2 Å². The Morgan fingerprint density at radius 2 is 1.94 bits per heavy atom. The zero-order chi connectivity index (χ0) is 12.1. The first kappa shape index (κ1) is 11.8. The van der Waals surface area contributed by atoms with E-state index in [1.165, 1.54) is 24.6 Å². The molecule has 2 aromatic rings. The molecule has 1 aromatic carbocycles. The van der Waals surface area contributed by atoms with Crippen LogP contribution < -0.4 is 0 Å². The highest BCUT2D eigenvalue weighted by Crippen LogP contribution is 2.20. The van der Waals surface area contributed by atoms with Crippen LogP contribution in [-0.4, -0.2) is 4.98 Å². The molecule has 0 aliphatic rings. The maximum Gasteiger partial charge on any atom is 0.0709 e. The van der Waals surface area contributed by atoms with Crippen molar-refractivity contribution in [2.75, 3.05) is 0 Å². The van der Waals surface area contributed by atoms with E-state index in [0.29, 0.717) is 0 Å². The normalized spacial score (nSPS) is 10.6. The molecule has 0 bridgehead atoms. The van der Waals surface area contributed by atoms with Crippen LogP contribution in [0.1, 0.15) is 38.3 Å². The minimum Gasteiger partial charge on any atom is -0.248 e. The molecule has 1 aromatic heterocycles. The quantitative estimate of drug-likeness (QED) is 0.664. The van der Waals surface area contributed by atoms with E-state index in [9.17, 15) is 0 Å². The Balaban J connectivity index is 2.15. The van der Waals surface area contributed by atoms with Crippen molar-refractivity contribution in [3.63, 3.8) is 0 Å². The summed E-state index contributed by atoms with van der Waals surface area (Å²) < 4.78 is 0. The van der Waals surface area contributed by atoms with Gasteiger partial charge in [-0.3, -0.25) is 0 Å². The summed E-state index contributed by atoms with van der Waals surface area (Å²) in [5, 5.41) is 1.19. The lowest BCUT2D eigenvalue weighted by atomic mass is 10.0. The number of hydrogen-bond donors (Lipinski definition) is 0. The third-order valence-electron chi connectivity index (χ3n) is 3.04. The molecule has 0 saturated carbocycles. The van der Waals surface area contributed by atoms with Gasteiger partial charge < -0.3 is 0 Å². The number of nitrogens with zero attached hydrogens (tertiary/aromatic N) is 1. The van der Waals surface area contributed by atoms with Gasteiger partial charge in [-0.15, -0.1) is 0 Å². The smallest absolute Gasteiger partial charge is 0.0709 e. The largest absolute Gasteiger partial charge is 0.248 e. The molecule has 0 fully saturated rings. The van der Waals surface area contributed by atoms with E-state index in [2.05, 4.69) is 42.8 Å². The van der Waals surface area contributed by atoms with Crippen molar-refractivity contribution in [1.82, 2.24) is 4.98 Å². The van der Waals surface area contributed by atoms with Crippen molar-refractivity contribution in [3.05, 3.63) is 48.7 Å². The lowest BCUT2D eigenvalue weighted by Crippen LogP contribution is -1.89. The average Bonchev–Trinajstić information content (AvgIpc) is 2.38. The maximum atomic E-state index is 4.65. The maximum absolute atomic E-state index is 4.65. The first-order chi connectivity index (χ1) is 8.31. The van der Waals surface area contributed by atoms with Gasteiger partial charge in [0.05, 0.1) is 11.2 Å². The molecular weight excluding hydrogens is 206 g/mol. The van der Waals surface area contributed by atoms with Gasteiger partial charge in [0, 0.05) is 5.39 Å². The monoisotopic (exact) mass is 225 g/mol. The van der Waals surface area contributed by atoms with Crippen molar-refractivity contribution in [2.24, 2.45) is 0 Å². The van der Waals surface area contributed by atoms with E-state index in [1.54, 1.807) is 0 Å². The SMILES string of the molecule is C=C(CCCCC)c1ccc2ccccc2n1. The third kappa shape index (κ3) is 2.94. The molecule has 0 radical (unpaired) electrons. The highest BCUT2D eigenvalue weighted by molar-refractivity contribution is 5.80. The van der Waals surface area contributed by atoms with Gasteiger partial charge in [0.15, 0.2) is 0 Å². The van der Waals surface area contributed by atoms with Gasteiger partial charge in [-0.1, -0.05) is 50.6 Å². The van der Waals surface area contributed by atoms with E-state index < -0.39 is 0 Å². The number of pyridine rings is 1. The molecule has 0 amide bonds. The molecule has 2 rings (SSSR count). The molecule has 1 nitrogen and oxygen atoms in total. The molecule has 88 valence electrons. The molecule has 1 heterocycles. The number of hydrogen-bond acceptors (Lipinski definition) is 1. The van der Waals surface area contributed by atoms with Crippen molar-refractivity contribution in [3.8, 4) is 0 Å². The van der Waals surface area contributed by atoms with Crippen LogP contribution in [-0.2, 0) is 0 Å². The second-order valence-corrected chi connectivity index (χ2v) is 4.45. The summed E-state index contributed by atoms with van der Waals surface area (Å²) in [7, 11) is 0. The molecule has 0 saturated heterocycles. The molecule has 0 unspecified atom stereocenters. The topological polar surface area (TPSA) is 12.9 Å². The Hall–Kier alpha value is -1.63. The van der Waals surface area contributed by atoms with Gasteiger partial charge in [0.25, 0.3) is 0 Å². The molecule has 0 spiro atoms. The van der Waals surface area contributed by atoms with Crippen LogP contribution in [0.15, 0.2) is 43.0 Å². The van der Waals surface area contributed by atoms with Crippen LogP contribution in [0, 0.1) is 0 Å². The average molecular weight is 225 g/mol. The lowest BCUT2D eigenvalue weighted by Gasteiger charge is -2.06. The van der Waals surface area contributed by atoms with Crippen LogP contribution in [0.5, 0.6) is 0 Å². The Kier molecular flexibility index (Phi) is 3.92. The molecule has 0 atom stereocenters. The van der Waals surface area contributed by atoms with Crippen molar-refractivity contribution in [2.45, 2.75) is 32.6 Å². The molecule has 0 N–H and O–H groups in total. The highest BCUT2D eigenvalue weighted by atomic mass is 14.7. The van der Waals surface area contributed by atoms with Gasteiger partial charge in [-0.2, -0.15) is 0 Å². The summed E-state index contributed by atoms with van der Waals surface area (Å²) in [6.07, 6.45) is 4.79. The van der Waals surface area contributed by atoms with Crippen molar-refractivity contribution >= 4 is 16.5 Å². The second kappa shape index (κ2) is 5.62. The number of fused-ring (bicyclic) bond motifs is 1. The standard InChI is InChI=1S/C16H19N/c1-3-4-5-8-13(2)15-12-11-14-9-6-7-10-16(14)17-15/h6-7,9-12H,2-5,8H2,1H3. The number of aromatic nitrogens is 1. The zero-order valence-corrected chi connectivity index (χ0v) is 10.4. The van der Waals surface area contributed by atoms with Gasteiger partial charge in [0.1, 0.15) is 0 Å². The summed E-state index contributed by atoms with van der Waals surface area (Å²) in [5.41, 5.74) is 3.26. The Labute approximate surface area is 103 Å². The van der Waals surface area contributed by atoms with Crippen LogP contribution in [0.2, 0.25) is 0 Å². The predicted octanol–water partition coefficient (Wildman–Crippen LogP) is 4.83. The number of unbranched alkanes of at least 4 members (excludes halogenated alkanes) is 2. The van der Waals surface area contributed by atoms with Crippen molar-refractivity contribution in [1.29, 1.82) is 0 Å². The van der Waals surface area contributed by atoms with E-state index in [4.69, 9.17) is 0 Å². The van der Waals surface area contributed by atoms with E-state index in [-0.39, 0.29) is 0 Å². The summed E-state index contributed by atoms with van der Waals surface area (Å²) in [5.74, 6) is 0. The molecule has 17 heavy (non-hydrogen) atoms. The number of rotatable bonds is 5. The fourth-order valence-corrected chi connectivity index (χ4v) is 1.98. The summed E-state index contributed by atoms with van der Waals surface area (Å²) in [6.45, 7) is 6.36. The summed E-state index contributed by atoms with van der Waals surface area (Å²) in [6, 6.07) is 12.4. The Morgan fingerprint density at radius 3 is 2.76 bits per heavy atom. The zero-order valence-electron chi connectivity index (χ0n) is 10.4. The van der Waals surface area contributed by atoms with Gasteiger partial charge in [0.2, 0.25) is 0 Å². The fourth-order valence-electron chi connectivity index (χ4n) is 1.98. The fraction of sp³-hybridized carbons (Fsp3) is 0.312. The third-order valence-corrected chi connectivity index (χ3v) is 3.04. The predicted molar refractivity (Wildman–Crippen MR) is 74.9 cm³/mol. The number of para-hydroxylation sites is 1. The van der Waals surface area contributed by atoms with E-state index >= 15 is 0 Å². The van der Waals surface area contributed by atoms with Crippen LogP contribution in [0.3, 0.4) is 0 Å². The molecular formula is C16H19N. The first-order valence-electron chi connectivity index (χ1n) is 6.35. The van der Waals surface area contributed by atoms with Gasteiger partial charge >= 0.3 is 0 Å². The Bertz CT molecular complexity index is 514. The van der Waals surface area contributed by atoms with Crippen LogP contribution in [0.4, 0.5) is 0 Å². The first-order valence-corrected chi connectivity index (χ1v) is 6.35. The van der Waals surface area contributed by atoms with E-state index in [1.807, 2.05) is 12.1 Å². The van der Waals surface area contributed by atoms with Gasteiger partial charge in [-0.05, 0) is 30.5 Å². The molecule has 0 aliphatic carbocycles. The Morgan fingerprint density at radius 1 is 1.12 bits per heavy atom. The van der Waals surface area contributed by atoms with Gasteiger partial charge in [-0.25, -0.2) is 4.98 Å². The number of benzene rings is 1. The minimum atomic E-state index is 1.04. The van der Waals surface area contributed by atoms with Crippen LogP contribution >= 0.6 is 0 Å². The molecule has 0 aliphatic heterocycles. The lowest BCUT2D eigenvalue weighted by molar-refractivity contribution is 0.735.